The molecule has 160 valence electrons. The van der Waals surface area contributed by atoms with Crippen molar-refractivity contribution in [3.05, 3.63) is 71.8 Å². The Bertz CT molecular complexity index is 797. The monoisotopic (exact) mass is 405 g/mol. The van der Waals surface area contributed by atoms with Crippen LogP contribution >= 0.6 is 0 Å². The molecular formula is C27H35NO2. The minimum Gasteiger partial charge on any atom is -0.303 e. The Morgan fingerprint density at radius 2 is 1.87 bits per heavy atom. The lowest BCUT2D eigenvalue weighted by molar-refractivity contribution is -0.125. The van der Waals surface area contributed by atoms with Crippen molar-refractivity contribution in [1.29, 1.82) is 0 Å². The zero-order chi connectivity index (χ0) is 21.3. The van der Waals surface area contributed by atoms with Crippen molar-refractivity contribution in [2.75, 3.05) is 13.1 Å². The lowest BCUT2D eigenvalue weighted by atomic mass is 9.83. The predicted octanol–water partition coefficient (Wildman–Crippen LogP) is 5.63. The molecule has 1 atom stereocenters. The predicted molar refractivity (Wildman–Crippen MR) is 123 cm³/mol. The average molecular weight is 406 g/mol. The second kappa shape index (κ2) is 11.2. The maximum Gasteiger partial charge on any atom is 0.149 e. The van der Waals surface area contributed by atoms with E-state index in [1.165, 1.54) is 16.7 Å². The van der Waals surface area contributed by atoms with Gasteiger partial charge in [-0.2, -0.15) is 0 Å². The molecule has 0 radical (unpaired) electrons. The smallest absolute Gasteiger partial charge is 0.149 e. The summed E-state index contributed by atoms with van der Waals surface area (Å²) in [6.07, 6.45) is 15.7. The molecule has 1 fully saturated rings. The number of rotatable bonds is 7. The molecule has 1 heterocycles. The van der Waals surface area contributed by atoms with Gasteiger partial charge in [-0.25, -0.2) is 0 Å². The van der Waals surface area contributed by atoms with Gasteiger partial charge in [0.25, 0.3) is 0 Å². The summed E-state index contributed by atoms with van der Waals surface area (Å²) in [5.41, 5.74) is 3.96. The van der Waals surface area contributed by atoms with Crippen LogP contribution in [0.3, 0.4) is 0 Å². The number of benzene rings is 1. The number of fused-ring (bicyclic) bond motifs is 1. The Labute approximate surface area is 181 Å². The van der Waals surface area contributed by atoms with Crippen molar-refractivity contribution < 1.29 is 9.59 Å². The summed E-state index contributed by atoms with van der Waals surface area (Å²) in [7, 11) is 0. The van der Waals surface area contributed by atoms with E-state index in [0.29, 0.717) is 12.3 Å². The SMILES string of the molecule is C=C/C=C\C=C(/C)C1c2ccccc2CCN1CC(=O)C1CCCC(C=O)CCC1. The molecule has 0 bridgehead atoms. The zero-order valence-electron chi connectivity index (χ0n) is 18.3. The number of ketones is 1. The fourth-order valence-electron chi connectivity index (χ4n) is 5.03. The molecule has 1 unspecified atom stereocenters. The van der Waals surface area contributed by atoms with Crippen molar-refractivity contribution >= 4 is 12.1 Å². The number of aldehydes is 1. The van der Waals surface area contributed by atoms with E-state index in [1.807, 2.05) is 12.2 Å². The fraction of sp³-hybridized carbons (Fsp3) is 0.481. The highest BCUT2D eigenvalue weighted by Crippen LogP contribution is 2.35. The molecule has 0 aromatic heterocycles. The van der Waals surface area contributed by atoms with E-state index in [9.17, 15) is 9.59 Å². The van der Waals surface area contributed by atoms with Crippen LogP contribution in [0.5, 0.6) is 0 Å². The third-order valence-corrected chi connectivity index (χ3v) is 6.68. The van der Waals surface area contributed by atoms with Gasteiger partial charge in [-0.1, -0.05) is 73.6 Å². The summed E-state index contributed by atoms with van der Waals surface area (Å²) >= 11 is 0. The normalized spacial score (nSPS) is 25.9. The third kappa shape index (κ3) is 5.66. The van der Waals surface area contributed by atoms with E-state index < -0.39 is 0 Å². The van der Waals surface area contributed by atoms with Crippen LogP contribution in [0, 0.1) is 11.8 Å². The molecular weight excluding hydrogens is 370 g/mol. The van der Waals surface area contributed by atoms with Crippen LogP contribution in [-0.4, -0.2) is 30.1 Å². The van der Waals surface area contributed by atoms with Crippen LogP contribution in [0.25, 0.3) is 0 Å². The lowest BCUT2D eigenvalue weighted by Gasteiger charge is -2.38. The summed E-state index contributed by atoms with van der Waals surface area (Å²) in [5, 5.41) is 0. The largest absolute Gasteiger partial charge is 0.303 e. The van der Waals surface area contributed by atoms with E-state index >= 15 is 0 Å². The number of Topliss-reactive ketones (excluding diaryl/α,β-unsaturated/α-hetero) is 1. The van der Waals surface area contributed by atoms with E-state index in [-0.39, 0.29) is 17.9 Å². The van der Waals surface area contributed by atoms with E-state index in [2.05, 4.69) is 48.7 Å². The van der Waals surface area contributed by atoms with Gasteiger partial charge in [0, 0.05) is 18.4 Å². The van der Waals surface area contributed by atoms with Gasteiger partial charge in [-0.3, -0.25) is 9.69 Å². The Kier molecular flexibility index (Phi) is 8.39. The van der Waals surface area contributed by atoms with Gasteiger partial charge in [0.15, 0.2) is 0 Å². The summed E-state index contributed by atoms with van der Waals surface area (Å²) in [6.45, 7) is 7.32. The number of hydrogen-bond donors (Lipinski definition) is 0. The fourth-order valence-corrected chi connectivity index (χ4v) is 5.03. The Morgan fingerprint density at radius 1 is 1.13 bits per heavy atom. The number of hydrogen-bond acceptors (Lipinski definition) is 3. The summed E-state index contributed by atoms with van der Waals surface area (Å²) in [5.74, 6) is 0.708. The number of allylic oxidation sites excluding steroid dienone is 4. The van der Waals surface area contributed by atoms with Gasteiger partial charge in [-0.15, -0.1) is 0 Å². The maximum absolute atomic E-state index is 13.3. The highest BCUT2D eigenvalue weighted by molar-refractivity contribution is 5.83. The summed E-state index contributed by atoms with van der Waals surface area (Å²) in [4.78, 5) is 26.7. The molecule has 1 aliphatic heterocycles. The number of carbonyl (C=O) groups excluding carboxylic acids is 2. The molecule has 1 aromatic carbocycles. The topological polar surface area (TPSA) is 37.4 Å². The van der Waals surface area contributed by atoms with Crippen LogP contribution in [0.1, 0.15) is 62.6 Å². The first-order valence-electron chi connectivity index (χ1n) is 11.4. The minimum atomic E-state index is 0.139. The van der Waals surface area contributed by atoms with Gasteiger partial charge in [0.2, 0.25) is 0 Å². The van der Waals surface area contributed by atoms with Crippen molar-refractivity contribution in [2.24, 2.45) is 11.8 Å². The van der Waals surface area contributed by atoms with Crippen LogP contribution in [0.4, 0.5) is 0 Å². The second-order valence-electron chi connectivity index (χ2n) is 8.77. The van der Waals surface area contributed by atoms with E-state index in [0.717, 1.165) is 57.8 Å². The standard InChI is InChI=1S/C27H35NO2/c1-3-4-5-10-21(2)27-25-16-7-6-13-23(25)17-18-28(27)19-26(30)24-14-8-11-22(20-29)12-9-15-24/h3-7,10,13,16,20,22,24,27H,1,8-9,11-12,14-15,17-19H2,2H3/b5-4-,21-10+. The minimum absolute atomic E-state index is 0.139. The van der Waals surface area contributed by atoms with Gasteiger partial charge in [0.05, 0.1) is 12.6 Å². The molecule has 1 saturated carbocycles. The van der Waals surface area contributed by atoms with Gasteiger partial charge in [-0.05, 0) is 50.2 Å². The molecule has 0 spiro atoms. The van der Waals surface area contributed by atoms with Crippen LogP contribution in [0.2, 0.25) is 0 Å². The maximum atomic E-state index is 13.3. The molecule has 1 aliphatic carbocycles. The van der Waals surface area contributed by atoms with Crippen LogP contribution in [-0.2, 0) is 16.0 Å². The van der Waals surface area contributed by atoms with Crippen LogP contribution in [0.15, 0.2) is 60.7 Å². The summed E-state index contributed by atoms with van der Waals surface area (Å²) in [6, 6.07) is 8.77. The number of nitrogens with zero attached hydrogens (tertiary/aromatic N) is 1. The Morgan fingerprint density at radius 3 is 2.57 bits per heavy atom. The molecule has 0 N–H and O–H groups in total. The van der Waals surface area contributed by atoms with Crippen molar-refractivity contribution in [3.63, 3.8) is 0 Å². The highest BCUT2D eigenvalue weighted by Gasteiger charge is 2.31. The molecule has 0 amide bonds. The first-order chi connectivity index (χ1) is 14.6. The summed E-state index contributed by atoms with van der Waals surface area (Å²) < 4.78 is 0. The van der Waals surface area contributed by atoms with Crippen molar-refractivity contribution in [3.8, 4) is 0 Å². The molecule has 1 aromatic rings. The molecule has 30 heavy (non-hydrogen) atoms. The van der Waals surface area contributed by atoms with E-state index in [1.54, 1.807) is 6.08 Å². The lowest BCUT2D eigenvalue weighted by Crippen LogP contribution is -2.41. The quantitative estimate of drug-likeness (QED) is 0.436. The average Bonchev–Trinajstić information content (AvgIpc) is 2.73. The van der Waals surface area contributed by atoms with Crippen molar-refractivity contribution in [2.45, 2.75) is 57.9 Å². The molecule has 3 rings (SSSR count). The first kappa shape index (κ1) is 22.4. The van der Waals surface area contributed by atoms with Crippen molar-refractivity contribution in [1.82, 2.24) is 4.90 Å². The van der Waals surface area contributed by atoms with Gasteiger partial charge >= 0.3 is 0 Å². The number of carbonyl (C=O) groups is 2. The highest BCUT2D eigenvalue weighted by atomic mass is 16.1. The Balaban J connectivity index is 1.75. The Hall–Kier alpha value is -2.26. The third-order valence-electron chi connectivity index (χ3n) is 6.68. The van der Waals surface area contributed by atoms with E-state index in [4.69, 9.17) is 0 Å². The van der Waals surface area contributed by atoms with Crippen LogP contribution < -0.4 is 0 Å². The first-order valence-corrected chi connectivity index (χ1v) is 11.4. The molecule has 3 heteroatoms. The molecule has 3 nitrogen and oxygen atoms in total. The zero-order valence-corrected chi connectivity index (χ0v) is 18.3. The van der Waals surface area contributed by atoms with Gasteiger partial charge < -0.3 is 4.79 Å². The molecule has 2 aliphatic rings. The van der Waals surface area contributed by atoms with Gasteiger partial charge in [0.1, 0.15) is 12.1 Å². The molecule has 0 saturated heterocycles. The second-order valence-corrected chi connectivity index (χ2v) is 8.77.